The molecule has 0 aromatic heterocycles. The number of hydrogen-bond donors (Lipinski definition) is 2. The second kappa shape index (κ2) is 5.34. The Morgan fingerprint density at radius 1 is 1.35 bits per heavy atom. The van der Waals surface area contributed by atoms with Gasteiger partial charge in [-0.2, -0.15) is 0 Å². The van der Waals surface area contributed by atoms with Gasteiger partial charge in [0.25, 0.3) is 5.91 Å². The van der Waals surface area contributed by atoms with Gasteiger partial charge < -0.3 is 15.1 Å². The van der Waals surface area contributed by atoms with Crippen LogP contribution in [0.4, 0.5) is 0 Å². The van der Waals surface area contributed by atoms with Crippen LogP contribution < -0.4 is 0 Å². The van der Waals surface area contributed by atoms with Gasteiger partial charge in [-0.1, -0.05) is 19.1 Å². The van der Waals surface area contributed by atoms with E-state index in [-0.39, 0.29) is 11.3 Å². The number of benzene rings is 1. The first-order valence-electron chi connectivity index (χ1n) is 5.27. The highest BCUT2D eigenvalue weighted by molar-refractivity contribution is 5.98. The van der Waals surface area contributed by atoms with E-state index < -0.39 is 17.9 Å². The van der Waals surface area contributed by atoms with E-state index in [1.54, 1.807) is 19.1 Å². The van der Waals surface area contributed by atoms with Gasteiger partial charge in [0.15, 0.2) is 0 Å². The van der Waals surface area contributed by atoms with E-state index >= 15 is 0 Å². The minimum absolute atomic E-state index is 0.106. The predicted molar refractivity (Wildman–Crippen MR) is 61.9 cm³/mol. The number of carbonyl (C=O) groups excluding carboxylic acids is 1. The second-order valence-electron chi connectivity index (χ2n) is 3.70. The molecule has 0 fully saturated rings. The van der Waals surface area contributed by atoms with Crippen molar-refractivity contribution in [1.29, 1.82) is 0 Å². The Balaban J connectivity index is 2.98. The summed E-state index contributed by atoms with van der Waals surface area (Å²) in [5.74, 6) is -1.71. The smallest absolute Gasteiger partial charge is 0.326 e. The molecular weight excluding hydrogens is 222 g/mol. The topological polar surface area (TPSA) is 77.8 Å². The van der Waals surface area contributed by atoms with Crippen LogP contribution in [-0.2, 0) is 4.79 Å². The van der Waals surface area contributed by atoms with Gasteiger partial charge in [0.05, 0.1) is 5.56 Å². The molecule has 1 rings (SSSR count). The van der Waals surface area contributed by atoms with Crippen LogP contribution in [-0.4, -0.2) is 40.1 Å². The summed E-state index contributed by atoms with van der Waals surface area (Å²) in [6, 6.07) is 5.18. The summed E-state index contributed by atoms with van der Waals surface area (Å²) in [7, 11) is 1.41. The van der Waals surface area contributed by atoms with Crippen molar-refractivity contribution in [3.8, 4) is 5.75 Å². The zero-order valence-corrected chi connectivity index (χ0v) is 9.75. The number of carboxylic acid groups (broad SMARTS) is 1. The van der Waals surface area contributed by atoms with Crippen molar-refractivity contribution in [1.82, 2.24) is 4.90 Å². The van der Waals surface area contributed by atoms with Crippen molar-refractivity contribution in [3.63, 3.8) is 0 Å². The van der Waals surface area contributed by atoms with Crippen LogP contribution in [0.25, 0.3) is 0 Å². The summed E-state index contributed by atoms with van der Waals surface area (Å²) in [4.78, 5) is 24.0. The lowest BCUT2D eigenvalue weighted by atomic mass is 10.1. The number of carboxylic acids is 1. The number of phenolic OH excluding ortho intramolecular Hbond substituents is 1. The maximum absolute atomic E-state index is 12.0. The van der Waals surface area contributed by atoms with Crippen molar-refractivity contribution in [2.24, 2.45) is 0 Å². The third-order valence-electron chi connectivity index (χ3n) is 2.59. The molecule has 0 aliphatic carbocycles. The maximum atomic E-state index is 12.0. The average molecular weight is 237 g/mol. The third kappa shape index (κ3) is 2.75. The molecule has 92 valence electrons. The van der Waals surface area contributed by atoms with Crippen molar-refractivity contribution in [3.05, 3.63) is 29.8 Å². The highest BCUT2D eigenvalue weighted by atomic mass is 16.4. The molecule has 17 heavy (non-hydrogen) atoms. The Bertz CT molecular complexity index is 430. The van der Waals surface area contributed by atoms with Crippen LogP contribution >= 0.6 is 0 Å². The number of aliphatic carboxylic acids is 1. The Hall–Kier alpha value is -2.04. The largest absolute Gasteiger partial charge is 0.507 e. The summed E-state index contributed by atoms with van der Waals surface area (Å²) in [5, 5.41) is 18.5. The number of amides is 1. The van der Waals surface area contributed by atoms with Crippen LogP contribution in [0.3, 0.4) is 0 Å². The number of rotatable bonds is 4. The average Bonchev–Trinajstić information content (AvgIpc) is 2.29. The molecule has 0 radical (unpaired) electrons. The van der Waals surface area contributed by atoms with Crippen molar-refractivity contribution >= 4 is 11.9 Å². The van der Waals surface area contributed by atoms with Crippen LogP contribution in [0, 0.1) is 0 Å². The summed E-state index contributed by atoms with van der Waals surface area (Å²) in [6.45, 7) is 1.69. The zero-order chi connectivity index (χ0) is 13.0. The number of nitrogens with zero attached hydrogens (tertiary/aromatic N) is 1. The first kappa shape index (κ1) is 13.0. The number of hydrogen-bond acceptors (Lipinski definition) is 3. The van der Waals surface area contributed by atoms with E-state index in [2.05, 4.69) is 0 Å². The predicted octanol–water partition coefficient (Wildman–Crippen LogP) is 1.33. The molecule has 2 N–H and O–H groups in total. The first-order chi connectivity index (χ1) is 7.99. The monoisotopic (exact) mass is 237 g/mol. The fraction of sp³-hybridized carbons (Fsp3) is 0.333. The van der Waals surface area contributed by atoms with Crippen LogP contribution in [0.5, 0.6) is 5.75 Å². The molecule has 1 aromatic carbocycles. The Morgan fingerprint density at radius 3 is 2.41 bits per heavy atom. The van der Waals surface area contributed by atoms with Gasteiger partial charge >= 0.3 is 5.97 Å². The molecule has 0 saturated carbocycles. The molecule has 1 atom stereocenters. The number of carbonyl (C=O) groups is 2. The summed E-state index contributed by atoms with van der Waals surface area (Å²) in [6.07, 6.45) is 0.311. The third-order valence-corrected chi connectivity index (χ3v) is 2.59. The highest BCUT2D eigenvalue weighted by Crippen LogP contribution is 2.18. The summed E-state index contributed by atoms with van der Waals surface area (Å²) >= 11 is 0. The zero-order valence-electron chi connectivity index (χ0n) is 9.75. The fourth-order valence-electron chi connectivity index (χ4n) is 1.60. The standard InChI is InChI=1S/C12H15NO4/c1-3-9(12(16)17)13(2)11(15)8-6-4-5-7-10(8)14/h4-7,9,14H,3H2,1-2H3,(H,16,17). The number of likely N-dealkylation sites (N-methyl/N-ethyl adjacent to an activating group) is 1. The minimum atomic E-state index is -1.06. The van der Waals surface area contributed by atoms with E-state index in [4.69, 9.17) is 5.11 Å². The Kier molecular flexibility index (Phi) is 4.09. The second-order valence-corrected chi connectivity index (χ2v) is 3.70. The maximum Gasteiger partial charge on any atom is 0.326 e. The van der Waals surface area contributed by atoms with Gasteiger partial charge in [-0.3, -0.25) is 4.79 Å². The van der Waals surface area contributed by atoms with Crippen LogP contribution in [0.1, 0.15) is 23.7 Å². The molecular formula is C12H15NO4. The van der Waals surface area contributed by atoms with Crippen molar-refractivity contribution in [2.45, 2.75) is 19.4 Å². The summed E-state index contributed by atoms with van der Waals surface area (Å²) < 4.78 is 0. The first-order valence-corrected chi connectivity index (χ1v) is 5.27. The lowest BCUT2D eigenvalue weighted by Crippen LogP contribution is -2.41. The van der Waals surface area contributed by atoms with Gasteiger partial charge in [0.2, 0.25) is 0 Å². The molecule has 0 saturated heterocycles. The molecule has 0 aliphatic heterocycles. The molecule has 1 amide bonds. The Labute approximate surface area is 99.3 Å². The summed E-state index contributed by atoms with van der Waals surface area (Å²) in [5.41, 5.74) is 0.106. The van der Waals surface area contributed by atoms with Gasteiger partial charge in [0, 0.05) is 7.05 Å². The SMILES string of the molecule is CCC(C(=O)O)N(C)C(=O)c1ccccc1O. The normalized spacial score (nSPS) is 11.9. The number of para-hydroxylation sites is 1. The van der Waals surface area contributed by atoms with Gasteiger partial charge in [-0.25, -0.2) is 4.79 Å². The van der Waals surface area contributed by atoms with E-state index in [0.717, 1.165) is 4.90 Å². The van der Waals surface area contributed by atoms with Gasteiger partial charge in [-0.15, -0.1) is 0 Å². The quantitative estimate of drug-likeness (QED) is 0.828. The van der Waals surface area contributed by atoms with Gasteiger partial charge in [-0.05, 0) is 18.6 Å². The molecule has 0 aliphatic rings. The van der Waals surface area contributed by atoms with E-state index in [1.807, 2.05) is 0 Å². The number of phenols is 1. The molecule has 1 aromatic rings. The molecule has 5 nitrogen and oxygen atoms in total. The molecule has 5 heteroatoms. The van der Waals surface area contributed by atoms with E-state index in [9.17, 15) is 14.7 Å². The van der Waals surface area contributed by atoms with Crippen LogP contribution in [0.2, 0.25) is 0 Å². The molecule has 1 unspecified atom stereocenters. The highest BCUT2D eigenvalue weighted by Gasteiger charge is 2.26. The van der Waals surface area contributed by atoms with Gasteiger partial charge in [0.1, 0.15) is 11.8 Å². The van der Waals surface area contributed by atoms with Crippen molar-refractivity contribution < 1.29 is 19.8 Å². The van der Waals surface area contributed by atoms with Crippen LogP contribution in [0.15, 0.2) is 24.3 Å². The lowest BCUT2D eigenvalue weighted by molar-refractivity contribution is -0.142. The lowest BCUT2D eigenvalue weighted by Gasteiger charge is -2.24. The fourth-order valence-corrected chi connectivity index (χ4v) is 1.60. The molecule has 0 heterocycles. The molecule has 0 spiro atoms. The molecule has 0 bridgehead atoms. The Morgan fingerprint density at radius 2 is 1.94 bits per heavy atom. The van der Waals surface area contributed by atoms with Crippen molar-refractivity contribution in [2.75, 3.05) is 7.05 Å². The van der Waals surface area contributed by atoms with E-state index in [1.165, 1.54) is 19.2 Å². The van der Waals surface area contributed by atoms with E-state index in [0.29, 0.717) is 6.42 Å². The number of aromatic hydroxyl groups is 1. The minimum Gasteiger partial charge on any atom is -0.507 e.